The lowest BCUT2D eigenvalue weighted by Gasteiger charge is -2.07. The van der Waals surface area contributed by atoms with E-state index in [0.717, 1.165) is 11.4 Å². The number of rotatable bonds is 5. The zero-order valence-electron chi connectivity index (χ0n) is 11.5. The van der Waals surface area contributed by atoms with Gasteiger partial charge < -0.3 is 5.11 Å². The number of aromatic nitrogens is 3. The number of carboxylic acids is 1. The van der Waals surface area contributed by atoms with Gasteiger partial charge in [0, 0.05) is 11.3 Å². The normalized spacial score (nSPS) is 10.7. The summed E-state index contributed by atoms with van der Waals surface area (Å²) in [5.74, 6) is -0.0929. The molecule has 0 spiro atoms. The lowest BCUT2D eigenvalue weighted by molar-refractivity contribution is 0.0696. The van der Waals surface area contributed by atoms with Gasteiger partial charge in [0.05, 0.1) is 12.1 Å². The molecule has 1 aromatic carbocycles. The minimum atomic E-state index is -0.934. The minimum Gasteiger partial charge on any atom is -0.478 e. The molecule has 0 aliphatic rings. The minimum absolute atomic E-state index is 0.271. The van der Waals surface area contributed by atoms with Crippen LogP contribution in [0.15, 0.2) is 41.8 Å². The molecule has 0 radical (unpaired) electrons. The first-order chi connectivity index (χ1) is 10.6. The monoisotopic (exact) mass is 331 g/mol. The number of nitrogens with one attached hydrogen (secondary N) is 1. The quantitative estimate of drug-likeness (QED) is 0.704. The lowest BCUT2D eigenvalue weighted by Crippen LogP contribution is -2.07. The molecule has 0 atom stereocenters. The number of nitrogens with zero attached hydrogens (tertiary/aromatic N) is 2. The fourth-order valence-corrected chi connectivity index (χ4v) is 3.12. The van der Waals surface area contributed by atoms with Crippen LogP contribution in [-0.4, -0.2) is 25.8 Å². The number of H-pyrrole nitrogens is 1. The number of thiophene rings is 1. The highest BCUT2D eigenvalue weighted by Gasteiger charge is 2.10. The Morgan fingerprint density at radius 1 is 1.36 bits per heavy atom. The number of hydrogen-bond acceptors (Lipinski definition) is 4. The maximum atomic E-state index is 11.1. The zero-order valence-corrected chi connectivity index (χ0v) is 13.2. The molecule has 22 heavy (non-hydrogen) atoms. The van der Waals surface area contributed by atoms with Gasteiger partial charge in [-0.05, 0) is 41.4 Å². The largest absolute Gasteiger partial charge is 0.478 e. The van der Waals surface area contributed by atoms with Gasteiger partial charge in [-0.2, -0.15) is 5.10 Å². The van der Waals surface area contributed by atoms with Crippen LogP contribution in [0.3, 0.4) is 0 Å². The summed E-state index contributed by atoms with van der Waals surface area (Å²) >= 11 is 6.95. The van der Waals surface area contributed by atoms with Gasteiger partial charge in [0.25, 0.3) is 0 Å². The Morgan fingerprint density at radius 3 is 2.95 bits per heavy atom. The van der Waals surface area contributed by atoms with E-state index in [2.05, 4.69) is 16.3 Å². The molecule has 0 fully saturated rings. The molecule has 112 valence electrons. The van der Waals surface area contributed by atoms with Crippen molar-refractivity contribution in [1.29, 1.82) is 0 Å². The second-order valence-corrected chi connectivity index (χ2v) is 6.21. The van der Waals surface area contributed by atoms with Gasteiger partial charge in [-0.25, -0.2) is 4.79 Å². The van der Waals surface area contributed by atoms with E-state index in [4.69, 9.17) is 17.3 Å². The molecule has 0 unspecified atom stereocenters. The van der Waals surface area contributed by atoms with Crippen molar-refractivity contribution < 1.29 is 9.90 Å². The number of benzene rings is 1. The Bertz CT molecular complexity index is 850. The van der Waals surface area contributed by atoms with Crippen LogP contribution in [0.5, 0.6) is 0 Å². The van der Waals surface area contributed by atoms with Crippen molar-refractivity contribution in [2.45, 2.75) is 13.0 Å². The van der Waals surface area contributed by atoms with Crippen molar-refractivity contribution >= 4 is 29.5 Å². The fraction of sp³-hybridized carbons (Fsp3) is 0.133. The Labute approximate surface area is 135 Å². The fourth-order valence-electron chi connectivity index (χ4n) is 2.20. The molecule has 0 saturated carbocycles. The number of aromatic amines is 1. The molecule has 2 heterocycles. The first kappa shape index (κ1) is 14.7. The van der Waals surface area contributed by atoms with Gasteiger partial charge in [-0.1, -0.05) is 18.2 Å². The number of hydrogen-bond donors (Lipinski definition) is 2. The van der Waals surface area contributed by atoms with Crippen molar-refractivity contribution in [2.24, 2.45) is 0 Å². The van der Waals surface area contributed by atoms with Crippen LogP contribution >= 0.6 is 23.6 Å². The van der Waals surface area contributed by atoms with Gasteiger partial charge in [0.2, 0.25) is 0 Å². The van der Waals surface area contributed by atoms with Gasteiger partial charge in [0.1, 0.15) is 5.82 Å². The maximum Gasteiger partial charge on any atom is 0.335 e. The first-order valence-electron chi connectivity index (χ1n) is 6.62. The van der Waals surface area contributed by atoms with Crippen LogP contribution in [-0.2, 0) is 13.0 Å². The van der Waals surface area contributed by atoms with Crippen molar-refractivity contribution in [2.75, 3.05) is 0 Å². The Balaban J connectivity index is 1.89. The van der Waals surface area contributed by atoms with E-state index < -0.39 is 5.97 Å². The second-order valence-electron chi connectivity index (χ2n) is 4.79. The van der Waals surface area contributed by atoms with E-state index in [1.165, 1.54) is 4.88 Å². The van der Waals surface area contributed by atoms with E-state index in [1.54, 1.807) is 29.5 Å². The Morgan fingerprint density at radius 2 is 2.23 bits per heavy atom. The van der Waals surface area contributed by atoms with Crippen LogP contribution in [0.1, 0.15) is 26.6 Å². The van der Waals surface area contributed by atoms with E-state index >= 15 is 0 Å². The Hall–Kier alpha value is -2.25. The highest BCUT2D eigenvalue weighted by Crippen LogP contribution is 2.15. The van der Waals surface area contributed by atoms with E-state index in [-0.39, 0.29) is 5.56 Å². The average molecular weight is 331 g/mol. The van der Waals surface area contributed by atoms with Gasteiger partial charge in [-0.15, -0.1) is 11.3 Å². The lowest BCUT2D eigenvalue weighted by atomic mass is 10.1. The highest BCUT2D eigenvalue weighted by molar-refractivity contribution is 7.71. The molecular weight excluding hydrogens is 318 g/mol. The summed E-state index contributed by atoms with van der Waals surface area (Å²) in [6, 6.07) is 10.9. The van der Waals surface area contributed by atoms with Crippen molar-refractivity contribution in [3.8, 4) is 0 Å². The van der Waals surface area contributed by atoms with Gasteiger partial charge in [-0.3, -0.25) is 9.67 Å². The molecule has 2 N–H and O–H groups in total. The topological polar surface area (TPSA) is 70.9 Å². The van der Waals surface area contributed by atoms with Crippen LogP contribution < -0.4 is 0 Å². The molecule has 3 aromatic rings. The summed E-state index contributed by atoms with van der Waals surface area (Å²) in [5.41, 5.74) is 1.15. The Kier molecular flexibility index (Phi) is 4.17. The molecule has 0 amide bonds. The predicted molar refractivity (Wildman–Crippen MR) is 87.0 cm³/mol. The van der Waals surface area contributed by atoms with Gasteiger partial charge >= 0.3 is 5.97 Å². The van der Waals surface area contributed by atoms with Crippen molar-refractivity contribution in [1.82, 2.24) is 14.8 Å². The van der Waals surface area contributed by atoms with Crippen LogP contribution in [0.4, 0.5) is 0 Å². The van der Waals surface area contributed by atoms with Crippen molar-refractivity contribution in [3.63, 3.8) is 0 Å². The molecule has 0 aliphatic heterocycles. The summed E-state index contributed by atoms with van der Waals surface area (Å²) in [6.07, 6.45) is 0.698. The average Bonchev–Trinajstić information content (AvgIpc) is 3.13. The number of carboxylic acid groups (broad SMARTS) is 1. The van der Waals surface area contributed by atoms with Crippen LogP contribution in [0.2, 0.25) is 0 Å². The third-order valence-electron chi connectivity index (χ3n) is 3.26. The molecule has 0 aliphatic carbocycles. The van der Waals surface area contributed by atoms with E-state index in [9.17, 15) is 4.79 Å². The molecule has 5 nitrogen and oxygen atoms in total. The first-order valence-corrected chi connectivity index (χ1v) is 7.91. The number of aromatic carboxylic acids is 1. The highest BCUT2D eigenvalue weighted by atomic mass is 32.1. The smallest absolute Gasteiger partial charge is 0.335 e. The van der Waals surface area contributed by atoms with Crippen LogP contribution in [0.25, 0.3) is 0 Å². The molecule has 0 saturated heterocycles. The summed E-state index contributed by atoms with van der Waals surface area (Å²) in [7, 11) is 0. The molecule has 7 heteroatoms. The number of carbonyl (C=O) groups is 1. The van der Waals surface area contributed by atoms with Crippen molar-refractivity contribution in [3.05, 3.63) is 68.4 Å². The summed E-state index contributed by atoms with van der Waals surface area (Å²) in [6.45, 7) is 0.497. The predicted octanol–water partition coefficient (Wildman–Crippen LogP) is 3.34. The maximum absolute atomic E-state index is 11.1. The SMILES string of the molecule is O=C(O)c1cccc(Cn2c(Cc3cccs3)n[nH]c2=S)c1. The summed E-state index contributed by atoms with van der Waals surface area (Å²) in [4.78, 5) is 12.3. The zero-order chi connectivity index (χ0) is 15.5. The van der Waals surface area contributed by atoms with Gasteiger partial charge in [0.15, 0.2) is 4.77 Å². The summed E-state index contributed by atoms with van der Waals surface area (Å²) in [5, 5.41) is 18.2. The second kappa shape index (κ2) is 6.25. The third-order valence-corrected chi connectivity index (χ3v) is 4.45. The van der Waals surface area contributed by atoms with Crippen LogP contribution in [0, 0.1) is 4.77 Å². The molecule has 2 aromatic heterocycles. The molecular formula is C15H13N3O2S2. The molecule has 3 rings (SSSR count). The standard InChI is InChI=1S/C15H13N3O2S2/c19-14(20)11-4-1-3-10(7-11)9-18-13(16-17-15(18)21)8-12-5-2-6-22-12/h1-7H,8-9H2,(H,17,21)(H,19,20). The summed E-state index contributed by atoms with van der Waals surface area (Å²) < 4.78 is 2.43. The van der Waals surface area contributed by atoms with E-state index in [0.29, 0.717) is 17.7 Å². The molecule has 0 bridgehead atoms. The third kappa shape index (κ3) is 3.15. The van der Waals surface area contributed by atoms with E-state index in [1.807, 2.05) is 22.1 Å².